The minimum Gasteiger partial charge on any atom is -0.462 e. The van der Waals surface area contributed by atoms with E-state index in [0.29, 0.717) is 6.07 Å². The van der Waals surface area contributed by atoms with Crippen LogP contribution < -0.4 is 5.32 Å². The van der Waals surface area contributed by atoms with Crippen LogP contribution in [0.3, 0.4) is 0 Å². The Morgan fingerprint density at radius 2 is 1.68 bits per heavy atom. The first kappa shape index (κ1) is 29.4. The maximum absolute atomic E-state index is 14.5. The molecule has 38 heavy (non-hydrogen) atoms. The molecular weight excluding hydrogens is 577 g/mol. The number of esters is 1. The third-order valence-electron chi connectivity index (χ3n) is 5.23. The number of aryl methyl sites for hydroxylation is 1. The fraction of sp³-hybridized carbons (Fsp3) is 0.318. The van der Waals surface area contributed by atoms with Crippen molar-refractivity contribution in [1.29, 1.82) is 0 Å². The second kappa shape index (κ2) is 10.6. The number of alkyl halides is 6. The third-order valence-corrected chi connectivity index (χ3v) is 5.83. The highest BCUT2D eigenvalue weighted by Crippen LogP contribution is 2.39. The van der Waals surface area contributed by atoms with E-state index in [-0.39, 0.29) is 18.5 Å². The molecule has 6 nitrogen and oxygen atoms in total. The van der Waals surface area contributed by atoms with Crippen molar-refractivity contribution in [1.82, 2.24) is 14.9 Å². The molecular formula is C22H15Cl2F8N3O3. The minimum absolute atomic E-state index is 0.198. The van der Waals surface area contributed by atoms with Gasteiger partial charge in [0.1, 0.15) is 22.2 Å². The van der Waals surface area contributed by atoms with Gasteiger partial charge in [0, 0.05) is 17.5 Å². The summed E-state index contributed by atoms with van der Waals surface area (Å²) in [5.74, 6) is -6.21. The lowest BCUT2D eigenvalue weighted by molar-refractivity contribution is -0.155. The standard InChI is InChI=1S/C22H15Cl2F8N3O3/c1-3-35-12(6-8-5-10(20(37)38-4-2)17(22(30,31)32)33-18(8)35)19(36)34-16(21(27,28)29)9-7-11(23)15(26)13(24)14(9)25/h5-7,16H,3-4H2,1-2H3,(H,34,36). The van der Waals surface area contributed by atoms with Crippen LogP contribution in [0.1, 0.15) is 52.0 Å². The van der Waals surface area contributed by atoms with E-state index in [1.54, 1.807) is 0 Å². The molecule has 0 bridgehead atoms. The summed E-state index contributed by atoms with van der Waals surface area (Å²) in [5, 5.41) is -0.952. The molecule has 0 aliphatic rings. The van der Waals surface area contributed by atoms with Crippen LogP contribution in [0.4, 0.5) is 35.1 Å². The van der Waals surface area contributed by atoms with E-state index in [1.165, 1.54) is 19.2 Å². The molecule has 0 radical (unpaired) electrons. The number of nitrogens with one attached hydrogen (secondary N) is 1. The van der Waals surface area contributed by atoms with Crippen LogP contribution in [-0.2, 0) is 17.5 Å². The summed E-state index contributed by atoms with van der Waals surface area (Å²) >= 11 is 10.9. The molecule has 0 aliphatic carbocycles. The van der Waals surface area contributed by atoms with Gasteiger partial charge in [0.15, 0.2) is 17.6 Å². The van der Waals surface area contributed by atoms with Crippen molar-refractivity contribution in [3.63, 3.8) is 0 Å². The van der Waals surface area contributed by atoms with Gasteiger partial charge in [-0.3, -0.25) is 4.79 Å². The van der Waals surface area contributed by atoms with Gasteiger partial charge in [-0.1, -0.05) is 23.2 Å². The Balaban J connectivity index is 2.17. The first-order chi connectivity index (χ1) is 17.5. The number of benzene rings is 1. The molecule has 0 saturated heterocycles. The molecule has 0 spiro atoms. The van der Waals surface area contributed by atoms with Crippen LogP contribution in [0.5, 0.6) is 0 Å². The number of aromatic nitrogens is 2. The Labute approximate surface area is 218 Å². The Kier molecular flexibility index (Phi) is 8.18. The predicted molar refractivity (Wildman–Crippen MR) is 119 cm³/mol. The number of pyridine rings is 1. The lowest BCUT2D eigenvalue weighted by Crippen LogP contribution is -2.39. The molecule has 1 atom stereocenters. The van der Waals surface area contributed by atoms with E-state index < -0.39 is 80.1 Å². The highest BCUT2D eigenvalue weighted by atomic mass is 35.5. The number of amides is 1. The number of ether oxygens (including phenoxy) is 1. The second-order valence-electron chi connectivity index (χ2n) is 7.63. The predicted octanol–water partition coefficient (Wildman–Crippen LogP) is 6.87. The molecule has 1 amide bonds. The van der Waals surface area contributed by atoms with Crippen molar-refractivity contribution in [2.75, 3.05) is 6.61 Å². The summed E-state index contributed by atoms with van der Waals surface area (Å²) in [5.41, 5.74) is -4.98. The van der Waals surface area contributed by atoms with Crippen molar-refractivity contribution in [2.24, 2.45) is 0 Å². The van der Waals surface area contributed by atoms with E-state index >= 15 is 0 Å². The van der Waals surface area contributed by atoms with Crippen LogP contribution in [0.2, 0.25) is 10.0 Å². The molecule has 3 rings (SSSR count). The normalized spacial score (nSPS) is 13.1. The lowest BCUT2D eigenvalue weighted by Gasteiger charge is -2.23. The Bertz CT molecular complexity index is 1420. The van der Waals surface area contributed by atoms with Gasteiger partial charge in [-0.05, 0) is 32.0 Å². The number of halogens is 10. The summed E-state index contributed by atoms with van der Waals surface area (Å²) in [6.45, 7) is 2.22. The molecule has 2 aromatic heterocycles. The van der Waals surface area contributed by atoms with E-state index in [4.69, 9.17) is 23.2 Å². The molecule has 16 heteroatoms. The van der Waals surface area contributed by atoms with Crippen molar-refractivity contribution < 1.29 is 49.4 Å². The number of rotatable bonds is 6. The van der Waals surface area contributed by atoms with Gasteiger partial charge < -0.3 is 14.6 Å². The smallest absolute Gasteiger partial charge is 0.434 e. The molecule has 3 aromatic rings. The van der Waals surface area contributed by atoms with Gasteiger partial charge in [-0.25, -0.2) is 18.6 Å². The third kappa shape index (κ3) is 5.51. The lowest BCUT2D eigenvalue weighted by atomic mass is 10.0. The zero-order valence-electron chi connectivity index (χ0n) is 19.1. The topological polar surface area (TPSA) is 73.2 Å². The van der Waals surface area contributed by atoms with Crippen molar-refractivity contribution in [2.45, 2.75) is 38.8 Å². The quantitative estimate of drug-likeness (QED) is 0.147. The average Bonchev–Trinajstić information content (AvgIpc) is 3.19. The number of hydrogen-bond donors (Lipinski definition) is 1. The van der Waals surface area contributed by atoms with E-state index in [1.807, 2.05) is 0 Å². The van der Waals surface area contributed by atoms with Crippen LogP contribution >= 0.6 is 23.2 Å². The first-order valence-corrected chi connectivity index (χ1v) is 11.3. The van der Waals surface area contributed by atoms with Crippen molar-refractivity contribution in [3.8, 4) is 0 Å². The Morgan fingerprint density at radius 1 is 1.05 bits per heavy atom. The van der Waals surface area contributed by atoms with Crippen LogP contribution in [-0.4, -0.2) is 34.2 Å². The Hall–Kier alpha value is -3.13. The number of nitrogens with zero attached hydrogens (tertiary/aromatic N) is 2. The van der Waals surface area contributed by atoms with Crippen molar-refractivity contribution >= 4 is 46.1 Å². The van der Waals surface area contributed by atoms with Gasteiger partial charge in [-0.15, -0.1) is 0 Å². The van der Waals surface area contributed by atoms with Gasteiger partial charge >= 0.3 is 18.3 Å². The fourth-order valence-corrected chi connectivity index (χ4v) is 4.08. The number of fused-ring (bicyclic) bond motifs is 1. The summed E-state index contributed by atoms with van der Waals surface area (Å²) in [7, 11) is 0. The molecule has 0 aliphatic heterocycles. The zero-order chi connectivity index (χ0) is 28.7. The molecule has 0 fully saturated rings. The first-order valence-electron chi connectivity index (χ1n) is 10.5. The molecule has 0 saturated carbocycles. The van der Waals surface area contributed by atoms with Crippen molar-refractivity contribution in [3.05, 3.63) is 62.4 Å². The van der Waals surface area contributed by atoms with E-state index in [0.717, 1.165) is 16.7 Å². The highest BCUT2D eigenvalue weighted by Gasteiger charge is 2.45. The second-order valence-corrected chi connectivity index (χ2v) is 8.41. The molecule has 2 heterocycles. The monoisotopic (exact) mass is 591 g/mol. The largest absolute Gasteiger partial charge is 0.462 e. The van der Waals surface area contributed by atoms with Gasteiger partial charge in [0.25, 0.3) is 5.91 Å². The van der Waals surface area contributed by atoms with Gasteiger partial charge in [0.05, 0.1) is 17.2 Å². The zero-order valence-corrected chi connectivity index (χ0v) is 20.6. The highest BCUT2D eigenvalue weighted by molar-refractivity contribution is 6.35. The van der Waals surface area contributed by atoms with Crippen LogP contribution in [0, 0.1) is 11.6 Å². The van der Waals surface area contributed by atoms with E-state index in [9.17, 15) is 44.7 Å². The minimum atomic E-state index is -5.34. The number of carbonyl (C=O) groups excluding carboxylic acids is 2. The number of carbonyl (C=O) groups is 2. The van der Waals surface area contributed by atoms with Gasteiger partial charge in [-0.2, -0.15) is 26.3 Å². The van der Waals surface area contributed by atoms with Crippen LogP contribution in [0.15, 0.2) is 18.2 Å². The summed E-state index contributed by atoms with van der Waals surface area (Å²) in [6, 6.07) is -1.14. The summed E-state index contributed by atoms with van der Waals surface area (Å²) < 4.78 is 116. The molecule has 1 unspecified atom stereocenters. The van der Waals surface area contributed by atoms with Crippen LogP contribution in [0.25, 0.3) is 11.0 Å². The SMILES string of the molecule is CCOC(=O)c1cc2cc(C(=O)NC(c3cc(Cl)c(F)c(Cl)c3F)C(F)(F)F)n(CC)c2nc1C(F)(F)F. The maximum atomic E-state index is 14.5. The summed E-state index contributed by atoms with van der Waals surface area (Å²) in [4.78, 5) is 28.5. The fourth-order valence-electron chi connectivity index (χ4n) is 3.61. The number of hydrogen-bond acceptors (Lipinski definition) is 4. The maximum Gasteiger partial charge on any atom is 0.434 e. The summed E-state index contributed by atoms with van der Waals surface area (Å²) in [6.07, 6.45) is -10.5. The molecule has 1 N–H and O–H groups in total. The average molecular weight is 592 g/mol. The molecule has 206 valence electrons. The van der Waals surface area contributed by atoms with E-state index in [2.05, 4.69) is 9.72 Å². The Morgan fingerprint density at radius 3 is 2.21 bits per heavy atom. The molecule has 1 aromatic carbocycles. The van der Waals surface area contributed by atoms with Gasteiger partial charge in [0.2, 0.25) is 0 Å².